The van der Waals surface area contributed by atoms with Crippen LogP contribution >= 0.6 is 11.6 Å². The van der Waals surface area contributed by atoms with E-state index in [1.54, 1.807) is 0 Å². The number of nitrogens with zero attached hydrogens (tertiary/aromatic N) is 5. The Morgan fingerprint density at radius 2 is 1.90 bits per heavy atom. The van der Waals surface area contributed by atoms with Crippen LogP contribution in [0.4, 0.5) is 19.0 Å². The maximum absolute atomic E-state index is 14.4. The minimum atomic E-state index is -4.77. The summed E-state index contributed by atoms with van der Waals surface area (Å²) in [5.74, 6) is -0.115. The van der Waals surface area contributed by atoms with Gasteiger partial charge in [-0.15, -0.1) is 0 Å². The van der Waals surface area contributed by atoms with Crippen molar-refractivity contribution in [1.29, 1.82) is 5.26 Å². The topological polar surface area (TPSA) is 132 Å². The number of β-amino-alcohol motifs (C(OH)–C–C–N with tert-alkyl or cyclic N) is 1. The van der Waals surface area contributed by atoms with Crippen LogP contribution in [0.3, 0.4) is 0 Å². The van der Waals surface area contributed by atoms with Crippen molar-refractivity contribution in [2.45, 2.75) is 63.0 Å². The molecule has 0 amide bonds. The molecule has 14 heteroatoms. The first-order valence-corrected chi connectivity index (χ1v) is 17.7. The Morgan fingerprint density at radius 3 is 2.63 bits per heavy atom. The predicted octanol–water partition coefficient (Wildman–Crippen LogP) is 7.59. The molecule has 52 heavy (non-hydrogen) atoms. The molecule has 268 valence electrons. The number of rotatable bonds is 8. The summed E-state index contributed by atoms with van der Waals surface area (Å²) in [5, 5.41) is 26.7. The first-order valence-electron chi connectivity index (χ1n) is 17.3. The van der Waals surface area contributed by atoms with Gasteiger partial charge in [0.2, 0.25) is 11.8 Å². The number of benzene rings is 3. The number of nitriles is 1. The van der Waals surface area contributed by atoms with E-state index in [-0.39, 0.29) is 24.2 Å². The summed E-state index contributed by atoms with van der Waals surface area (Å²) in [6, 6.07) is 17.0. The average molecular weight is 730 g/mol. The number of nitrogens with one attached hydrogen (secondary N) is 2. The molecule has 2 saturated heterocycles. The van der Waals surface area contributed by atoms with Gasteiger partial charge in [-0.25, -0.2) is 9.97 Å². The SMILES string of the molecule is COc1nc(N[C@@H]2CCc3c(-c4cccc(-c5nc6cc([C@H]7CCCN7)cc(C#N)c6o5)c4Cl)cccc32)c(C(F)(F)F)nc1CN1CC[C@@H](O)C1. The fourth-order valence-electron chi connectivity index (χ4n) is 7.74. The highest BCUT2D eigenvalue weighted by Crippen LogP contribution is 2.45. The first-order chi connectivity index (χ1) is 25.1. The molecule has 2 fully saturated rings. The summed E-state index contributed by atoms with van der Waals surface area (Å²) in [4.78, 5) is 14.9. The number of anilines is 1. The Morgan fingerprint density at radius 1 is 1.10 bits per heavy atom. The van der Waals surface area contributed by atoms with E-state index in [1.807, 2.05) is 53.4 Å². The van der Waals surface area contributed by atoms with Crippen LogP contribution in [-0.4, -0.2) is 57.8 Å². The van der Waals surface area contributed by atoms with Crippen molar-refractivity contribution in [2.24, 2.45) is 0 Å². The number of alkyl halides is 3. The fourth-order valence-corrected chi connectivity index (χ4v) is 8.05. The Hall–Kier alpha value is -4.74. The third kappa shape index (κ3) is 6.34. The van der Waals surface area contributed by atoms with E-state index in [4.69, 9.17) is 25.7 Å². The maximum Gasteiger partial charge on any atom is 0.437 e. The molecule has 1 aliphatic carbocycles. The second-order valence-corrected chi connectivity index (χ2v) is 13.9. The predicted molar refractivity (Wildman–Crippen MR) is 189 cm³/mol. The van der Waals surface area contributed by atoms with Crippen LogP contribution in [0.1, 0.15) is 71.4 Å². The van der Waals surface area contributed by atoms with Gasteiger partial charge in [0.25, 0.3) is 0 Å². The van der Waals surface area contributed by atoms with Gasteiger partial charge < -0.3 is 24.9 Å². The molecule has 0 bridgehead atoms. The molecule has 10 nitrogen and oxygen atoms in total. The van der Waals surface area contributed by atoms with Gasteiger partial charge in [0.15, 0.2) is 17.1 Å². The lowest BCUT2D eigenvalue weighted by atomic mass is 9.95. The molecule has 0 spiro atoms. The molecule has 4 heterocycles. The second kappa shape index (κ2) is 13.7. The van der Waals surface area contributed by atoms with Gasteiger partial charge in [0.05, 0.1) is 35.4 Å². The van der Waals surface area contributed by atoms with Crippen molar-refractivity contribution in [1.82, 2.24) is 25.2 Å². The zero-order chi connectivity index (χ0) is 36.1. The number of halogens is 4. The van der Waals surface area contributed by atoms with Crippen LogP contribution in [0.2, 0.25) is 5.02 Å². The van der Waals surface area contributed by atoms with Crippen LogP contribution < -0.4 is 15.4 Å². The molecule has 0 radical (unpaired) electrons. The number of oxazole rings is 1. The van der Waals surface area contributed by atoms with Gasteiger partial charge in [0, 0.05) is 31.2 Å². The van der Waals surface area contributed by atoms with E-state index in [9.17, 15) is 23.5 Å². The minimum Gasteiger partial charge on any atom is -0.480 e. The third-order valence-corrected chi connectivity index (χ3v) is 10.6. The van der Waals surface area contributed by atoms with Gasteiger partial charge in [-0.3, -0.25) is 4.90 Å². The van der Waals surface area contributed by atoms with E-state index >= 15 is 0 Å². The quantitative estimate of drug-likeness (QED) is 0.147. The summed E-state index contributed by atoms with van der Waals surface area (Å²) in [6.07, 6.45) is -1.62. The zero-order valence-electron chi connectivity index (χ0n) is 28.2. The molecule has 2 aliphatic heterocycles. The lowest BCUT2D eigenvalue weighted by Crippen LogP contribution is -2.25. The molecule has 8 rings (SSSR count). The highest BCUT2D eigenvalue weighted by molar-refractivity contribution is 6.36. The number of aliphatic hydroxyl groups is 1. The van der Waals surface area contributed by atoms with Gasteiger partial charge >= 0.3 is 6.18 Å². The summed E-state index contributed by atoms with van der Waals surface area (Å²) in [7, 11) is 1.35. The smallest absolute Gasteiger partial charge is 0.437 e. The van der Waals surface area contributed by atoms with Crippen LogP contribution in [0.25, 0.3) is 33.7 Å². The molecular weight excluding hydrogens is 695 g/mol. The van der Waals surface area contributed by atoms with Crippen LogP contribution in [0, 0.1) is 11.3 Å². The number of fused-ring (bicyclic) bond motifs is 2. The van der Waals surface area contributed by atoms with Crippen molar-refractivity contribution in [2.75, 3.05) is 32.1 Å². The number of hydrogen-bond acceptors (Lipinski definition) is 10. The van der Waals surface area contributed by atoms with E-state index < -0.39 is 29.8 Å². The number of methoxy groups -OCH3 is 1. The standard InChI is InChI=1S/C38H35ClF3N7O3/c1-51-37-31(19-49-14-12-22(50)18-49)45-34(38(40,41)42)35(48-37)46-29-11-10-24-23(5-2-6-25(24)29)26-7-3-8-27(32(26)39)36-47-30-16-20(28-9-4-13-44-28)15-21(17-43)33(30)52-36/h2-3,5-8,15-16,22,28-29,44,50H,4,9-14,18-19H2,1H3,(H,46,48)/t22-,28-,29-/m1/s1. The summed E-state index contributed by atoms with van der Waals surface area (Å²) in [6.45, 7) is 1.88. The molecular formula is C38H35ClF3N7O3. The van der Waals surface area contributed by atoms with E-state index in [2.05, 4.69) is 26.7 Å². The normalized spacial score (nSPS) is 20.4. The van der Waals surface area contributed by atoms with Crippen molar-refractivity contribution >= 4 is 28.5 Å². The first kappa shape index (κ1) is 34.4. The fraction of sp³-hybridized carbons (Fsp3) is 0.368. The number of ether oxygens (including phenoxy) is 1. The lowest BCUT2D eigenvalue weighted by Gasteiger charge is -2.22. The van der Waals surface area contributed by atoms with Gasteiger partial charge in [0.1, 0.15) is 17.3 Å². The van der Waals surface area contributed by atoms with E-state index in [0.717, 1.165) is 47.2 Å². The molecule has 3 atom stereocenters. The Balaban J connectivity index is 1.11. The maximum atomic E-state index is 14.4. The molecule has 2 aromatic heterocycles. The van der Waals surface area contributed by atoms with Gasteiger partial charge in [-0.05, 0) is 79.1 Å². The summed E-state index contributed by atoms with van der Waals surface area (Å²) < 4.78 is 54.9. The van der Waals surface area contributed by atoms with Crippen LogP contribution in [0.15, 0.2) is 52.9 Å². The van der Waals surface area contributed by atoms with Crippen LogP contribution in [0.5, 0.6) is 5.88 Å². The summed E-state index contributed by atoms with van der Waals surface area (Å²) >= 11 is 7.10. The molecule has 5 aromatic rings. The average Bonchev–Trinajstić information content (AvgIpc) is 3.96. The number of hydrogen-bond donors (Lipinski definition) is 3. The van der Waals surface area contributed by atoms with E-state index in [1.165, 1.54) is 7.11 Å². The largest absolute Gasteiger partial charge is 0.480 e. The number of likely N-dealkylation sites (tertiary alicyclic amines) is 1. The van der Waals surface area contributed by atoms with Crippen LogP contribution in [-0.2, 0) is 19.1 Å². The Labute approximate surface area is 302 Å². The lowest BCUT2D eigenvalue weighted by molar-refractivity contribution is -0.140. The number of aromatic nitrogens is 3. The monoisotopic (exact) mass is 729 g/mol. The molecule has 0 unspecified atom stereocenters. The van der Waals surface area contributed by atoms with E-state index in [0.29, 0.717) is 65.5 Å². The Kier molecular flexibility index (Phi) is 9.03. The molecule has 3 aliphatic rings. The molecule has 3 N–H and O–H groups in total. The van der Waals surface area contributed by atoms with Gasteiger partial charge in [-0.2, -0.15) is 23.4 Å². The Bertz CT molecular complexity index is 2210. The highest BCUT2D eigenvalue weighted by atomic mass is 35.5. The molecule has 0 saturated carbocycles. The zero-order valence-corrected chi connectivity index (χ0v) is 29.0. The van der Waals surface area contributed by atoms with Crippen molar-refractivity contribution in [3.63, 3.8) is 0 Å². The minimum absolute atomic E-state index is 0.0000261. The van der Waals surface area contributed by atoms with Crippen molar-refractivity contribution < 1.29 is 27.4 Å². The van der Waals surface area contributed by atoms with Gasteiger partial charge in [-0.1, -0.05) is 41.9 Å². The number of aliphatic hydroxyl groups excluding tert-OH is 1. The molecule has 3 aromatic carbocycles. The third-order valence-electron chi connectivity index (χ3n) is 10.2. The highest BCUT2D eigenvalue weighted by Gasteiger charge is 2.40. The van der Waals surface area contributed by atoms with Crippen molar-refractivity contribution in [3.8, 4) is 34.5 Å². The van der Waals surface area contributed by atoms with Crippen molar-refractivity contribution in [3.05, 3.63) is 87.2 Å². The second-order valence-electron chi connectivity index (χ2n) is 13.5. The summed E-state index contributed by atoms with van der Waals surface area (Å²) in [5.41, 5.74) is 5.24.